The van der Waals surface area contributed by atoms with Crippen LogP contribution in [0.3, 0.4) is 0 Å². The first-order valence-electron chi connectivity index (χ1n) is 10.1. The maximum absolute atomic E-state index is 12.6. The molecule has 0 aromatic heterocycles. The van der Waals surface area contributed by atoms with Gasteiger partial charge in [-0.2, -0.15) is 0 Å². The number of phenols is 1. The van der Waals surface area contributed by atoms with E-state index in [2.05, 4.69) is 0 Å². The van der Waals surface area contributed by atoms with Crippen molar-refractivity contribution in [3.05, 3.63) is 47.5 Å². The molecule has 0 aliphatic carbocycles. The summed E-state index contributed by atoms with van der Waals surface area (Å²) < 4.78 is 22.5. The maximum atomic E-state index is 12.6. The van der Waals surface area contributed by atoms with Gasteiger partial charge in [-0.25, -0.2) is 0 Å². The molecule has 7 heteroatoms. The lowest BCUT2D eigenvalue weighted by atomic mass is 9.95. The SMILES string of the molecule is COc1ccc(C2CC(=O)c3c(O)cc(OCCCOC(C)CCO)cc3O2)cc1. The molecule has 1 aliphatic heterocycles. The number of methoxy groups -OCH3 is 1. The normalized spacial score (nSPS) is 16.5. The number of carbonyl (C=O) groups excluding carboxylic acids is 1. The second-order valence-corrected chi connectivity index (χ2v) is 7.22. The topological polar surface area (TPSA) is 94.5 Å². The molecule has 7 nitrogen and oxygen atoms in total. The predicted molar refractivity (Wildman–Crippen MR) is 111 cm³/mol. The third-order valence-corrected chi connectivity index (χ3v) is 4.96. The van der Waals surface area contributed by atoms with Crippen molar-refractivity contribution >= 4 is 5.78 Å². The monoisotopic (exact) mass is 416 g/mol. The van der Waals surface area contributed by atoms with E-state index in [1.807, 2.05) is 31.2 Å². The van der Waals surface area contributed by atoms with Gasteiger partial charge in [0.25, 0.3) is 0 Å². The van der Waals surface area contributed by atoms with E-state index < -0.39 is 6.10 Å². The summed E-state index contributed by atoms with van der Waals surface area (Å²) in [6, 6.07) is 10.4. The van der Waals surface area contributed by atoms with Crippen LogP contribution in [0.2, 0.25) is 0 Å². The Kier molecular flexibility index (Phi) is 7.54. The van der Waals surface area contributed by atoms with Crippen LogP contribution in [0.15, 0.2) is 36.4 Å². The fourth-order valence-corrected chi connectivity index (χ4v) is 3.30. The second-order valence-electron chi connectivity index (χ2n) is 7.22. The number of Topliss-reactive ketones (excluding diaryl/α,β-unsaturated/α-hetero) is 1. The van der Waals surface area contributed by atoms with Crippen LogP contribution in [0.5, 0.6) is 23.0 Å². The van der Waals surface area contributed by atoms with Crippen molar-refractivity contribution < 1.29 is 34.0 Å². The van der Waals surface area contributed by atoms with E-state index in [-0.39, 0.29) is 36.2 Å². The lowest BCUT2D eigenvalue weighted by Gasteiger charge is -2.26. The Labute approximate surface area is 176 Å². The lowest BCUT2D eigenvalue weighted by molar-refractivity contribution is 0.0413. The molecule has 1 heterocycles. The fraction of sp³-hybridized carbons (Fsp3) is 0.435. The number of benzene rings is 2. The molecule has 0 amide bonds. The Morgan fingerprint density at radius 2 is 1.93 bits per heavy atom. The van der Waals surface area contributed by atoms with E-state index in [0.717, 1.165) is 11.3 Å². The summed E-state index contributed by atoms with van der Waals surface area (Å²) in [4.78, 5) is 12.6. The van der Waals surface area contributed by atoms with E-state index in [4.69, 9.17) is 24.1 Å². The minimum Gasteiger partial charge on any atom is -0.507 e. The molecule has 162 valence electrons. The molecule has 1 aliphatic rings. The van der Waals surface area contributed by atoms with E-state index >= 15 is 0 Å². The molecule has 0 spiro atoms. The highest BCUT2D eigenvalue weighted by Gasteiger charge is 2.31. The number of aliphatic hydroxyl groups is 1. The van der Waals surface area contributed by atoms with Crippen molar-refractivity contribution in [3.63, 3.8) is 0 Å². The van der Waals surface area contributed by atoms with Gasteiger partial charge in [-0.15, -0.1) is 0 Å². The number of hydrogen-bond donors (Lipinski definition) is 2. The van der Waals surface area contributed by atoms with Crippen molar-refractivity contribution in [2.24, 2.45) is 0 Å². The summed E-state index contributed by atoms with van der Waals surface area (Å²) in [5.74, 6) is 1.15. The smallest absolute Gasteiger partial charge is 0.174 e. The average molecular weight is 416 g/mol. The molecular formula is C23H28O7. The van der Waals surface area contributed by atoms with Crippen molar-refractivity contribution in [2.75, 3.05) is 26.9 Å². The molecule has 0 radical (unpaired) electrons. The molecule has 2 aromatic rings. The van der Waals surface area contributed by atoms with Crippen LogP contribution < -0.4 is 14.2 Å². The van der Waals surface area contributed by atoms with Gasteiger partial charge >= 0.3 is 0 Å². The van der Waals surface area contributed by atoms with Crippen molar-refractivity contribution in [1.82, 2.24) is 0 Å². The van der Waals surface area contributed by atoms with Gasteiger partial charge in [0, 0.05) is 25.2 Å². The molecule has 2 N–H and O–H groups in total. The number of carbonyl (C=O) groups is 1. The molecular weight excluding hydrogens is 388 g/mol. The van der Waals surface area contributed by atoms with Gasteiger partial charge in [0.15, 0.2) is 5.78 Å². The number of aliphatic hydroxyl groups excluding tert-OH is 1. The molecule has 2 unspecified atom stereocenters. The number of phenolic OH excluding ortho intramolecular Hbond substituents is 1. The number of hydrogen-bond acceptors (Lipinski definition) is 7. The molecule has 30 heavy (non-hydrogen) atoms. The van der Waals surface area contributed by atoms with Crippen LogP contribution in [0.1, 0.15) is 48.2 Å². The molecule has 0 bridgehead atoms. The van der Waals surface area contributed by atoms with Crippen LogP contribution in [-0.4, -0.2) is 49.0 Å². The van der Waals surface area contributed by atoms with Gasteiger partial charge in [-0.1, -0.05) is 12.1 Å². The highest BCUT2D eigenvalue weighted by atomic mass is 16.5. The zero-order valence-electron chi connectivity index (χ0n) is 17.3. The summed E-state index contributed by atoms with van der Waals surface area (Å²) in [5, 5.41) is 19.2. The summed E-state index contributed by atoms with van der Waals surface area (Å²) >= 11 is 0. The Morgan fingerprint density at radius 1 is 1.17 bits per heavy atom. The van der Waals surface area contributed by atoms with Crippen molar-refractivity contribution in [2.45, 2.75) is 38.4 Å². The Hall–Kier alpha value is -2.77. The predicted octanol–water partition coefficient (Wildman–Crippen LogP) is 3.66. The minimum absolute atomic E-state index is 0.00270. The standard InChI is InChI=1S/C23H28O7/c1-15(8-9-24)28-10-3-11-29-18-12-19(25)23-20(26)14-21(30-22(23)13-18)16-4-6-17(27-2)7-5-16/h4-7,12-13,15,21,24-25H,3,8-11,14H2,1-2H3. The zero-order chi connectivity index (χ0) is 21.5. The third kappa shape index (κ3) is 5.43. The van der Waals surface area contributed by atoms with Crippen LogP contribution in [0.25, 0.3) is 0 Å². The summed E-state index contributed by atoms with van der Waals surface area (Å²) in [5.41, 5.74) is 1.04. The van der Waals surface area contributed by atoms with Crippen LogP contribution >= 0.6 is 0 Å². The van der Waals surface area contributed by atoms with Gasteiger partial charge in [0.05, 0.1) is 32.8 Å². The van der Waals surface area contributed by atoms with E-state index in [0.29, 0.717) is 37.6 Å². The van der Waals surface area contributed by atoms with Crippen LogP contribution in [0, 0.1) is 0 Å². The zero-order valence-corrected chi connectivity index (χ0v) is 17.3. The van der Waals surface area contributed by atoms with Gasteiger partial charge in [0.1, 0.15) is 34.7 Å². The summed E-state index contributed by atoms with van der Waals surface area (Å²) in [6.45, 7) is 2.90. The number of rotatable bonds is 10. The number of ether oxygens (including phenoxy) is 4. The molecule has 0 fully saturated rings. The van der Waals surface area contributed by atoms with E-state index in [1.165, 1.54) is 6.07 Å². The van der Waals surface area contributed by atoms with Crippen LogP contribution in [0.4, 0.5) is 0 Å². The first-order valence-corrected chi connectivity index (χ1v) is 10.1. The highest BCUT2D eigenvalue weighted by molar-refractivity contribution is 6.02. The number of ketones is 1. The number of fused-ring (bicyclic) bond motifs is 1. The minimum atomic E-state index is -0.438. The maximum Gasteiger partial charge on any atom is 0.174 e. The first-order chi connectivity index (χ1) is 14.5. The summed E-state index contributed by atoms with van der Waals surface area (Å²) in [7, 11) is 1.60. The molecule has 2 aromatic carbocycles. The Bertz CT molecular complexity index is 847. The fourth-order valence-electron chi connectivity index (χ4n) is 3.30. The lowest BCUT2D eigenvalue weighted by Crippen LogP contribution is -2.20. The summed E-state index contributed by atoms with van der Waals surface area (Å²) in [6.07, 6.45) is 0.961. The Morgan fingerprint density at radius 3 is 2.63 bits per heavy atom. The molecule has 3 rings (SSSR count). The van der Waals surface area contributed by atoms with E-state index in [9.17, 15) is 9.90 Å². The van der Waals surface area contributed by atoms with Gasteiger partial charge < -0.3 is 29.2 Å². The number of aromatic hydroxyl groups is 1. The van der Waals surface area contributed by atoms with Crippen LogP contribution in [-0.2, 0) is 4.74 Å². The van der Waals surface area contributed by atoms with E-state index in [1.54, 1.807) is 13.2 Å². The third-order valence-electron chi connectivity index (χ3n) is 4.96. The molecule has 0 saturated carbocycles. The average Bonchev–Trinajstić information content (AvgIpc) is 2.73. The van der Waals surface area contributed by atoms with Gasteiger partial charge in [-0.3, -0.25) is 4.79 Å². The molecule has 0 saturated heterocycles. The largest absolute Gasteiger partial charge is 0.507 e. The highest BCUT2D eigenvalue weighted by Crippen LogP contribution is 2.42. The Balaban J connectivity index is 1.63. The van der Waals surface area contributed by atoms with Gasteiger partial charge in [-0.05, 0) is 31.0 Å². The second kappa shape index (κ2) is 10.3. The quantitative estimate of drug-likeness (QED) is 0.571. The first kappa shape index (κ1) is 21.9. The van der Waals surface area contributed by atoms with Crippen molar-refractivity contribution in [3.8, 4) is 23.0 Å². The van der Waals surface area contributed by atoms with Gasteiger partial charge in [0.2, 0.25) is 0 Å². The van der Waals surface area contributed by atoms with Crippen molar-refractivity contribution in [1.29, 1.82) is 0 Å². The molecule has 2 atom stereocenters.